The van der Waals surface area contributed by atoms with Gasteiger partial charge < -0.3 is 5.32 Å². The molecule has 1 spiro atoms. The van der Waals surface area contributed by atoms with Gasteiger partial charge >= 0.3 is 0 Å². The summed E-state index contributed by atoms with van der Waals surface area (Å²) in [4.78, 5) is 55.9. The van der Waals surface area contributed by atoms with Crippen LogP contribution in [0.25, 0.3) is 0 Å². The summed E-state index contributed by atoms with van der Waals surface area (Å²) in [5.74, 6) is -2.67. The number of carbonyl (C=O) groups is 3. The Morgan fingerprint density at radius 1 is 1.12 bits per heavy atom. The number of imide groups is 1. The fourth-order valence-electron chi connectivity index (χ4n) is 6.95. The molecule has 9 nitrogen and oxygen atoms in total. The van der Waals surface area contributed by atoms with Crippen molar-refractivity contribution in [2.45, 2.75) is 45.2 Å². The molecule has 3 saturated heterocycles. The molecular formula is C25H24N4O5. The van der Waals surface area contributed by atoms with Gasteiger partial charge in [0, 0.05) is 23.4 Å². The number of nitro benzene ring substituents is 1. The number of rotatable bonds is 2. The van der Waals surface area contributed by atoms with Gasteiger partial charge in [-0.3, -0.25) is 29.4 Å². The minimum absolute atomic E-state index is 0.150. The third-order valence-electron chi connectivity index (χ3n) is 8.16. The first-order valence-corrected chi connectivity index (χ1v) is 11.5. The second-order valence-electron chi connectivity index (χ2n) is 9.82. The molecule has 0 aromatic heterocycles. The molecule has 0 saturated carbocycles. The van der Waals surface area contributed by atoms with Gasteiger partial charge in [0.2, 0.25) is 17.7 Å². The Kier molecular flexibility index (Phi) is 4.15. The molecule has 2 aromatic carbocycles. The van der Waals surface area contributed by atoms with Crippen LogP contribution in [0.15, 0.2) is 30.3 Å². The Bertz CT molecular complexity index is 1340. The van der Waals surface area contributed by atoms with E-state index >= 15 is 0 Å². The average molecular weight is 460 g/mol. The normalized spacial score (nSPS) is 29.6. The summed E-state index contributed by atoms with van der Waals surface area (Å²) in [5, 5.41) is 14.5. The van der Waals surface area contributed by atoms with E-state index in [0.29, 0.717) is 12.2 Å². The van der Waals surface area contributed by atoms with Gasteiger partial charge in [-0.2, -0.15) is 0 Å². The van der Waals surface area contributed by atoms with Gasteiger partial charge in [-0.25, -0.2) is 4.90 Å². The maximum absolute atomic E-state index is 14.1. The fourth-order valence-corrected chi connectivity index (χ4v) is 6.95. The summed E-state index contributed by atoms with van der Waals surface area (Å²) < 4.78 is 0. The van der Waals surface area contributed by atoms with Crippen LogP contribution in [0.4, 0.5) is 17.1 Å². The first kappa shape index (κ1) is 21.0. The fraction of sp³-hybridized carbons (Fsp3) is 0.400. The Labute approximate surface area is 195 Å². The van der Waals surface area contributed by atoms with E-state index in [9.17, 15) is 24.5 Å². The van der Waals surface area contributed by atoms with E-state index < -0.39 is 28.2 Å². The lowest BCUT2D eigenvalue weighted by Gasteiger charge is -2.37. The minimum atomic E-state index is -1.26. The standard InChI is InChI=1S/C25H24N4O5/c1-12-10-13(2)21-15(11-12)25(24(32)26-21)20-19(18-8-5-9-27(18)25)22(30)28(23(20)31)16-6-4-7-17(14(16)3)29(33)34/h4,6-7,10-11,18-20H,5,8-9H2,1-3H3,(H,26,32)/t18-,19-,20+,25+/m1/s1. The molecule has 0 bridgehead atoms. The van der Waals surface area contributed by atoms with Crippen LogP contribution in [-0.4, -0.2) is 40.1 Å². The van der Waals surface area contributed by atoms with Gasteiger partial charge in [0.05, 0.1) is 28.0 Å². The highest BCUT2D eigenvalue weighted by molar-refractivity contribution is 6.26. The molecule has 4 aliphatic rings. The monoisotopic (exact) mass is 460 g/mol. The zero-order valence-electron chi connectivity index (χ0n) is 19.1. The average Bonchev–Trinajstić information content (AvgIpc) is 3.48. The molecule has 174 valence electrons. The van der Waals surface area contributed by atoms with Gasteiger partial charge in [0.15, 0.2) is 0 Å². The van der Waals surface area contributed by atoms with Crippen LogP contribution < -0.4 is 10.2 Å². The molecule has 9 heteroatoms. The quantitative estimate of drug-likeness (QED) is 0.419. The summed E-state index contributed by atoms with van der Waals surface area (Å²) in [5.41, 5.74) is 2.44. The number of hydrogen-bond donors (Lipinski definition) is 1. The van der Waals surface area contributed by atoms with E-state index in [1.165, 1.54) is 12.1 Å². The van der Waals surface area contributed by atoms with Crippen molar-refractivity contribution in [3.8, 4) is 0 Å². The maximum atomic E-state index is 14.1. The lowest BCUT2D eigenvalue weighted by Crippen LogP contribution is -2.54. The van der Waals surface area contributed by atoms with Crippen molar-refractivity contribution in [3.05, 3.63) is 62.7 Å². The Balaban J connectivity index is 1.57. The molecular weight excluding hydrogens is 436 g/mol. The van der Waals surface area contributed by atoms with Crippen LogP contribution in [0.1, 0.15) is 35.1 Å². The number of benzene rings is 2. The second-order valence-corrected chi connectivity index (χ2v) is 9.82. The SMILES string of the molecule is Cc1cc(C)c2c(c1)[C@@]1(C(=O)N2)[C@@H]2C(=O)N(c3cccc([N+](=O)[O-])c3C)C(=O)[C@@H]2[C@H]2CCCN21. The lowest BCUT2D eigenvalue weighted by atomic mass is 9.75. The first-order valence-electron chi connectivity index (χ1n) is 11.5. The molecule has 3 amide bonds. The predicted octanol–water partition coefficient (Wildman–Crippen LogP) is 2.95. The van der Waals surface area contributed by atoms with Gasteiger partial charge in [0.1, 0.15) is 5.54 Å². The summed E-state index contributed by atoms with van der Waals surface area (Å²) in [6, 6.07) is 8.12. The van der Waals surface area contributed by atoms with E-state index in [4.69, 9.17) is 0 Å². The van der Waals surface area contributed by atoms with E-state index in [1.54, 1.807) is 13.0 Å². The van der Waals surface area contributed by atoms with E-state index in [1.807, 2.05) is 26.0 Å². The Morgan fingerprint density at radius 3 is 2.62 bits per heavy atom. The van der Waals surface area contributed by atoms with Crippen LogP contribution >= 0.6 is 0 Å². The Hall–Kier alpha value is -3.59. The van der Waals surface area contributed by atoms with Crippen molar-refractivity contribution in [2.24, 2.45) is 11.8 Å². The van der Waals surface area contributed by atoms with Crippen molar-refractivity contribution < 1.29 is 19.3 Å². The molecule has 3 fully saturated rings. The number of anilines is 2. The third kappa shape index (κ3) is 2.30. The molecule has 1 N–H and O–H groups in total. The Morgan fingerprint density at radius 2 is 1.88 bits per heavy atom. The van der Waals surface area contributed by atoms with Crippen molar-refractivity contribution in [2.75, 3.05) is 16.8 Å². The molecule has 0 radical (unpaired) electrons. The van der Waals surface area contributed by atoms with E-state index in [2.05, 4.69) is 10.2 Å². The predicted molar refractivity (Wildman–Crippen MR) is 123 cm³/mol. The lowest BCUT2D eigenvalue weighted by molar-refractivity contribution is -0.385. The molecule has 0 aliphatic carbocycles. The molecule has 4 atom stereocenters. The van der Waals surface area contributed by atoms with Gasteiger partial charge in [0.25, 0.3) is 5.69 Å². The van der Waals surface area contributed by atoms with Crippen molar-refractivity contribution >= 4 is 34.8 Å². The number of nitrogens with one attached hydrogen (secondary N) is 1. The highest BCUT2D eigenvalue weighted by Gasteiger charge is 2.74. The summed E-state index contributed by atoms with van der Waals surface area (Å²) in [7, 11) is 0. The van der Waals surface area contributed by atoms with Crippen molar-refractivity contribution in [1.29, 1.82) is 0 Å². The minimum Gasteiger partial charge on any atom is -0.324 e. The molecule has 4 heterocycles. The van der Waals surface area contributed by atoms with Gasteiger partial charge in [-0.1, -0.05) is 23.8 Å². The zero-order valence-corrected chi connectivity index (χ0v) is 19.1. The number of aryl methyl sites for hydroxylation is 2. The van der Waals surface area contributed by atoms with Crippen LogP contribution in [0, 0.1) is 42.7 Å². The topological polar surface area (TPSA) is 113 Å². The van der Waals surface area contributed by atoms with Crippen molar-refractivity contribution in [3.63, 3.8) is 0 Å². The number of amides is 3. The number of hydrogen-bond acceptors (Lipinski definition) is 6. The number of nitrogens with zero attached hydrogens (tertiary/aromatic N) is 3. The number of nitro groups is 1. The third-order valence-corrected chi connectivity index (χ3v) is 8.16. The molecule has 34 heavy (non-hydrogen) atoms. The summed E-state index contributed by atoms with van der Waals surface area (Å²) in [6.07, 6.45) is 1.55. The molecule has 4 aliphatic heterocycles. The number of fused-ring (bicyclic) bond motifs is 7. The first-order chi connectivity index (χ1) is 16.2. The largest absolute Gasteiger partial charge is 0.324 e. The summed E-state index contributed by atoms with van der Waals surface area (Å²) >= 11 is 0. The van der Waals surface area contributed by atoms with Gasteiger partial charge in [-0.15, -0.1) is 0 Å². The molecule has 0 unspecified atom stereocenters. The molecule has 6 rings (SSSR count). The van der Waals surface area contributed by atoms with E-state index in [-0.39, 0.29) is 34.8 Å². The van der Waals surface area contributed by atoms with E-state index in [0.717, 1.165) is 34.4 Å². The van der Waals surface area contributed by atoms with Gasteiger partial charge in [-0.05, 0) is 51.8 Å². The number of carbonyl (C=O) groups excluding carboxylic acids is 3. The maximum Gasteiger partial charge on any atom is 0.274 e. The van der Waals surface area contributed by atoms with Crippen molar-refractivity contribution in [1.82, 2.24) is 4.90 Å². The summed E-state index contributed by atoms with van der Waals surface area (Å²) in [6.45, 7) is 6.06. The van der Waals surface area contributed by atoms with Crippen LogP contribution in [0.2, 0.25) is 0 Å². The smallest absolute Gasteiger partial charge is 0.274 e. The van der Waals surface area contributed by atoms with Crippen LogP contribution in [0.3, 0.4) is 0 Å². The highest BCUT2D eigenvalue weighted by Crippen LogP contribution is 2.61. The molecule has 2 aromatic rings. The highest BCUT2D eigenvalue weighted by atomic mass is 16.6. The van der Waals surface area contributed by atoms with Crippen LogP contribution in [-0.2, 0) is 19.9 Å². The zero-order chi connectivity index (χ0) is 24.1. The second kappa shape index (κ2) is 6.73. The van der Waals surface area contributed by atoms with Crippen LogP contribution in [0.5, 0.6) is 0 Å².